The number of nitrogens with zero attached hydrogens (tertiary/aromatic N) is 3. The summed E-state index contributed by atoms with van der Waals surface area (Å²) in [5, 5.41) is 6.98. The van der Waals surface area contributed by atoms with Crippen molar-refractivity contribution in [1.29, 1.82) is 5.53 Å². The Labute approximate surface area is 196 Å². The van der Waals surface area contributed by atoms with Crippen LogP contribution in [0.15, 0.2) is 64.6 Å². The van der Waals surface area contributed by atoms with Gasteiger partial charge in [-0.3, -0.25) is 9.59 Å². The first-order chi connectivity index (χ1) is 16.4. The van der Waals surface area contributed by atoms with Crippen LogP contribution in [0.5, 0.6) is 0 Å². The topological polar surface area (TPSA) is 105 Å². The summed E-state index contributed by atoms with van der Waals surface area (Å²) in [6, 6.07) is 13.0. The van der Waals surface area contributed by atoms with Crippen LogP contribution in [0.4, 0.5) is 10.1 Å². The standard InChI is InChI=1S/C25H27FN6O2/c1-31(2)20-4-3-11-32(15-20)25(34)16-5-8-19(9-6-16)28-14-23(30-27)21-13-17-12-18(26)7-10-22(17)29-24(21)33/h5-10,12-14,20,27-28H,3-4,11,15H2,1-2H3,(H,29,33)/b23-14-,30-27?/t20-/m1/s1. The first-order valence-electron chi connectivity index (χ1n) is 11.1. The van der Waals surface area contributed by atoms with Gasteiger partial charge in [0.2, 0.25) is 0 Å². The number of anilines is 1. The van der Waals surface area contributed by atoms with E-state index in [1.807, 2.05) is 19.0 Å². The number of nitrogens with one attached hydrogen (secondary N) is 3. The van der Waals surface area contributed by atoms with Gasteiger partial charge in [0.15, 0.2) is 0 Å². The van der Waals surface area contributed by atoms with E-state index >= 15 is 0 Å². The van der Waals surface area contributed by atoms with Crippen molar-refractivity contribution in [3.63, 3.8) is 0 Å². The van der Waals surface area contributed by atoms with E-state index in [0.717, 1.165) is 19.4 Å². The first-order valence-corrected chi connectivity index (χ1v) is 11.1. The first kappa shape index (κ1) is 23.3. The predicted octanol–water partition coefficient (Wildman–Crippen LogP) is 4.27. The molecule has 0 bridgehead atoms. The molecule has 8 nitrogen and oxygen atoms in total. The number of halogens is 1. The molecule has 4 rings (SSSR count). The number of pyridine rings is 1. The zero-order chi connectivity index (χ0) is 24.2. The van der Waals surface area contributed by atoms with Gasteiger partial charge in [-0.1, -0.05) is 0 Å². The molecule has 0 aliphatic carbocycles. The number of hydrogen-bond donors (Lipinski definition) is 3. The number of likely N-dealkylation sites (tertiary alicyclic amines) is 1. The van der Waals surface area contributed by atoms with Gasteiger partial charge in [0.1, 0.15) is 11.5 Å². The maximum atomic E-state index is 13.6. The van der Waals surface area contributed by atoms with Crippen molar-refractivity contribution >= 4 is 28.2 Å². The number of amides is 1. The Kier molecular flexibility index (Phi) is 6.83. The van der Waals surface area contributed by atoms with Crippen LogP contribution in [-0.2, 0) is 0 Å². The van der Waals surface area contributed by atoms with Crippen LogP contribution in [0.3, 0.4) is 0 Å². The van der Waals surface area contributed by atoms with Crippen molar-refractivity contribution in [1.82, 2.24) is 14.8 Å². The van der Waals surface area contributed by atoms with Crippen molar-refractivity contribution in [2.45, 2.75) is 18.9 Å². The molecule has 1 fully saturated rings. The van der Waals surface area contributed by atoms with E-state index in [2.05, 4.69) is 20.3 Å². The monoisotopic (exact) mass is 462 g/mol. The van der Waals surface area contributed by atoms with Crippen LogP contribution in [0.1, 0.15) is 28.8 Å². The molecule has 34 heavy (non-hydrogen) atoms. The minimum absolute atomic E-state index is 0.00502. The molecule has 1 atom stereocenters. The second kappa shape index (κ2) is 9.96. The lowest BCUT2D eigenvalue weighted by Gasteiger charge is -2.36. The Morgan fingerprint density at radius 3 is 2.71 bits per heavy atom. The molecule has 3 aromatic rings. The van der Waals surface area contributed by atoms with Crippen molar-refractivity contribution in [3.8, 4) is 0 Å². The third-order valence-electron chi connectivity index (χ3n) is 6.12. The second-order valence-corrected chi connectivity index (χ2v) is 8.62. The van der Waals surface area contributed by atoms with Gasteiger partial charge in [-0.2, -0.15) is 5.11 Å². The fourth-order valence-corrected chi connectivity index (χ4v) is 4.14. The zero-order valence-corrected chi connectivity index (χ0v) is 19.1. The minimum atomic E-state index is -0.429. The van der Waals surface area contributed by atoms with Crippen LogP contribution in [0, 0.1) is 11.3 Å². The summed E-state index contributed by atoms with van der Waals surface area (Å²) >= 11 is 0. The van der Waals surface area contributed by atoms with Crippen molar-refractivity contribution < 1.29 is 9.18 Å². The summed E-state index contributed by atoms with van der Waals surface area (Å²) < 4.78 is 13.6. The Morgan fingerprint density at radius 2 is 2.00 bits per heavy atom. The average molecular weight is 463 g/mol. The molecule has 0 spiro atoms. The highest BCUT2D eigenvalue weighted by Gasteiger charge is 2.25. The van der Waals surface area contributed by atoms with E-state index in [9.17, 15) is 14.0 Å². The number of aromatic nitrogens is 1. The van der Waals surface area contributed by atoms with Gasteiger partial charge in [0, 0.05) is 47.5 Å². The highest BCUT2D eigenvalue weighted by molar-refractivity contribution is 5.94. The quantitative estimate of drug-likeness (QED) is 0.476. The van der Waals surface area contributed by atoms with E-state index in [-0.39, 0.29) is 17.2 Å². The van der Waals surface area contributed by atoms with Crippen LogP contribution >= 0.6 is 0 Å². The smallest absolute Gasteiger partial charge is 0.258 e. The summed E-state index contributed by atoms with van der Waals surface area (Å²) in [6.45, 7) is 1.47. The van der Waals surface area contributed by atoms with Gasteiger partial charge in [-0.05, 0) is 75.5 Å². The summed E-state index contributed by atoms with van der Waals surface area (Å²) in [6.07, 6.45) is 3.51. The van der Waals surface area contributed by atoms with Gasteiger partial charge in [0.25, 0.3) is 11.5 Å². The molecule has 176 valence electrons. The van der Waals surface area contributed by atoms with E-state index < -0.39 is 11.4 Å². The number of carbonyl (C=O) groups is 1. The van der Waals surface area contributed by atoms with Gasteiger partial charge < -0.3 is 20.1 Å². The number of aromatic amines is 1. The maximum Gasteiger partial charge on any atom is 0.258 e. The SMILES string of the molecule is CN(C)[C@@H]1CCCN(C(=O)c2ccc(N/C=C(\N=N)c3cc4cc(F)ccc4[nH]c3=O)cc2)C1. The van der Waals surface area contributed by atoms with Gasteiger partial charge in [-0.15, -0.1) is 0 Å². The van der Waals surface area contributed by atoms with Crippen molar-refractivity contribution in [2.24, 2.45) is 5.11 Å². The number of H-pyrrole nitrogens is 1. The van der Waals surface area contributed by atoms with E-state index in [1.165, 1.54) is 30.5 Å². The molecule has 3 N–H and O–H groups in total. The number of likely N-dealkylation sites (N-methyl/N-ethyl adjacent to an activating group) is 1. The van der Waals surface area contributed by atoms with E-state index in [0.29, 0.717) is 34.7 Å². The third-order valence-corrected chi connectivity index (χ3v) is 6.12. The number of hydrogen-bond acceptors (Lipinski definition) is 6. The fraction of sp³-hybridized carbons (Fsp3) is 0.280. The lowest BCUT2D eigenvalue weighted by Crippen LogP contribution is -2.47. The third kappa shape index (κ3) is 5.04. The molecular formula is C25H27FN6O2. The summed E-state index contributed by atoms with van der Waals surface area (Å²) in [5.41, 5.74) is 9.08. The van der Waals surface area contributed by atoms with Crippen LogP contribution in [0.2, 0.25) is 0 Å². The molecule has 0 unspecified atom stereocenters. The number of rotatable bonds is 6. The molecule has 9 heteroatoms. The molecule has 1 saturated heterocycles. The molecule has 1 aliphatic heterocycles. The van der Waals surface area contributed by atoms with Crippen LogP contribution in [-0.4, -0.2) is 53.9 Å². The Balaban J connectivity index is 1.49. The van der Waals surface area contributed by atoms with Crippen LogP contribution in [0.25, 0.3) is 16.6 Å². The largest absolute Gasteiger partial charge is 0.360 e. The highest BCUT2D eigenvalue weighted by Crippen LogP contribution is 2.20. The molecule has 2 heterocycles. The lowest BCUT2D eigenvalue weighted by atomic mass is 10.0. The molecule has 2 aromatic carbocycles. The van der Waals surface area contributed by atoms with Crippen LogP contribution < -0.4 is 10.9 Å². The molecule has 1 aromatic heterocycles. The lowest BCUT2D eigenvalue weighted by molar-refractivity contribution is 0.0635. The van der Waals surface area contributed by atoms with Gasteiger partial charge in [0.05, 0.1) is 5.56 Å². The van der Waals surface area contributed by atoms with Crippen molar-refractivity contribution in [3.05, 3.63) is 82.0 Å². The van der Waals surface area contributed by atoms with Crippen molar-refractivity contribution in [2.75, 3.05) is 32.5 Å². The second-order valence-electron chi connectivity index (χ2n) is 8.62. The molecule has 1 amide bonds. The highest BCUT2D eigenvalue weighted by atomic mass is 19.1. The fourth-order valence-electron chi connectivity index (χ4n) is 4.14. The summed E-state index contributed by atoms with van der Waals surface area (Å²) in [5.74, 6) is -0.418. The Hall–Kier alpha value is -3.85. The zero-order valence-electron chi connectivity index (χ0n) is 19.1. The van der Waals surface area contributed by atoms with E-state index in [1.54, 1.807) is 24.3 Å². The maximum absolute atomic E-state index is 13.6. The van der Waals surface area contributed by atoms with E-state index in [4.69, 9.17) is 5.53 Å². The molecule has 0 saturated carbocycles. The Bertz CT molecular complexity index is 1300. The van der Waals surface area contributed by atoms with Gasteiger partial charge in [-0.25, -0.2) is 9.92 Å². The molecule has 0 radical (unpaired) electrons. The number of carbonyl (C=O) groups excluding carboxylic acids is 1. The molecule has 1 aliphatic rings. The number of fused-ring (bicyclic) bond motifs is 1. The number of piperidine rings is 1. The average Bonchev–Trinajstić information content (AvgIpc) is 2.85. The normalized spacial score (nSPS) is 16.6. The summed E-state index contributed by atoms with van der Waals surface area (Å²) in [4.78, 5) is 32.1. The Morgan fingerprint density at radius 1 is 1.24 bits per heavy atom. The predicted molar refractivity (Wildman–Crippen MR) is 130 cm³/mol. The minimum Gasteiger partial charge on any atom is -0.360 e. The summed E-state index contributed by atoms with van der Waals surface area (Å²) in [7, 11) is 4.07. The molecular weight excluding hydrogens is 435 g/mol. The number of benzene rings is 2. The van der Waals surface area contributed by atoms with Gasteiger partial charge >= 0.3 is 0 Å².